The number of rotatable bonds is 5. The number of hydrogen-bond donors (Lipinski definition) is 1. The van der Waals surface area contributed by atoms with E-state index in [1.165, 1.54) is 12.1 Å². The van der Waals surface area contributed by atoms with Crippen molar-refractivity contribution in [1.29, 1.82) is 0 Å². The number of carbonyl (C=O) groups is 1. The Kier molecular flexibility index (Phi) is 3.58. The molecule has 2 aromatic heterocycles. The summed E-state index contributed by atoms with van der Waals surface area (Å²) in [5.74, 6) is -1.25. The lowest BCUT2D eigenvalue weighted by Crippen LogP contribution is -2.06. The third-order valence-electron chi connectivity index (χ3n) is 1.88. The Morgan fingerprint density at radius 2 is 2.33 bits per heavy atom. The number of hydrogen-bond acceptors (Lipinski definition) is 6. The highest BCUT2D eigenvalue weighted by molar-refractivity contribution is 5.67. The van der Waals surface area contributed by atoms with Crippen LogP contribution in [0, 0.1) is 5.82 Å². The van der Waals surface area contributed by atoms with Gasteiger partial charge in [-0.05, 0) is 12.1 Å². The van der Waals surface area contributed by atoms with Crippen LogP contribution in [-0.2, 0) is 16.1 Å². The number of halogens is 1. The van der Waals surface area contributed by atoms with Crippen LogP contribution in [0.3, 0.4) is 0 Å². The molecule has 18 heavy (non-hydrogen) atoms. The van der Waals surface area contributed by atoms with Gasteiger partial charge in [-0.25, -0.2) is 14.2 Å². The third-order valence-corrected chi connectivity index (χ3v) is 1.88. The number of aliphatic carboxylic acids is 1. The summed E-state index contributed by atoms with van der Waals surface area (Å²) >= 11 is 0. The number of nitrogens with zero attached hydrogens (tertiary/aromatic N) is 3. The van der Waals surface area contributed by atoms with Crippen molar-refractivity contribution in [3.63, 3.8) is 0 Å². The Morgan fingerprint density at radius 3 is 3.00 bits per heavy atom. The lowest BCUT2D eigenvalue weighted by atomic mass is 10.3. The molecule has 0 saturated carbocycles. The molecule has 2 rings (SSSR count). The van der Waals surface area contributed by atoms with E-state index >= 15 is 0 Å². The fourth-order valence-corrected chi connectivity index (χ4v) is 1.15. The minimum atomic E-state index is -1.09. The summed E-state index contributed by atoms with van der Waals surface area (Å²) in [6.45, 7) is -0.562. The topological polar surface area (TPSA) is 98.3 Å². The molecule has 0 aliphatic carbocycles. The van der Waals surface area contributed by atoms with Crippen molar-refractivity contribution in [1.82, 2.24) is 15.1 Å². The van der Waals surface area contributed by atoms with E-state index in [1.807, 2.05) is 0 Å². The fraction of sp³-hybridized carbons (Fsp3) is 0.200. The molecule has 0 amide bonds. The Balaban J connectivity index is 2.01. The molecule has 94 valence electrons. The molecule has 0 aliphatic rings. The van der Waals surface area contributed by atoms with E-state index in [0.717, 1.165) is 6.20 Å². The fourth-order valence-electron chi connectivity index (χ4n) is 1.15. The molecule has 0 spiro atoms. The van der Waals surface area contributed by atoms with E-state index in [4.69, 9.17) is 14.4 Å². The van der Waals surface area contributed by atoms with Gasteiger partial charge >= 0.3 is 5.97 Å². The Bertz CT molecular complexity index is 540. The van der Waals surface area contributed by atoms with Crippen LogP contribution in [0.2, 0.25) is 0 Å². The average Bonchev–Trinajstić information content (AvgIpc) is 2.78. The van der Waals surface area contributed by atoms with E-state index < -0.39 is 18.4 Å². The Morgan fingerprint density at radius 1 is 1.50 bits per heavy atom. The number of aromatic nitrogens is 3. The quantitative estimate of drug-likeness (QED) is 0.844. The normalized spacial score (nSPS) is 10.5. The minimum absolute atomic E-state index is 0.111. The summed E-state index contributed by atoms with van der Waals surface area (Å²) < 4.78 is 22.2. The van der Waals surface area contributed by atoms with Crippen LogP contribution >= 0.6 is 0 Å². The van der Waals surface area contributed by atoms with Crippen molar-refractivity contribution >= 4 is 5.97 Å². The van der Waals surface area contributed by atoms with E-state index in [-0.39, 0.29) is 18.3 Å². The van der Waals surface area contributed by atoms with Crippen molar-refractivity contribution in [2.45, 2.75) is 6.61 Å². The van der Waals surface area contributed by atoms with Crippen molar-refractivity contribution < 1.29 is 23.6 Å². The molecule has 2 heterocycles. The van der Waals surface area contributed by atoms with Gasteiger partial charge in [-0.2, -0.15) is 4.98 Å². The molecule has 2 aromatic rings. The first kappa shape index (κ1) is 12.1. The van der Waals surface area contributed by atoms with Gasteiger partial charge in [0.1, 0.15) is 24.7 Å². The maximum atomic E-state index is 12.6. The van der Waals surface area contributed by atoms with Gasteiger partial charge in [-0.1, -0.05) is 5.16 Å². The second-order valence-electron chi connectivity index (χ2n) is 3.26. The first-order chi connectivity index (χ1) is 8.65. The maximum absolute atomic E-state index is 12.6. The van der Waals surface area contributed by atoms with Gasteiger partial charge in [-0.15, -0.1) is 0 Å². The van der Waals surface area contributed by atoms with Crippen LogP contribution in [0.1, 0.15) is 5.89 Å². The van der Waals surface area contributed by atoms with Crippen LogP contribution in [0.5, 0.6) is 0 Å². The van der Waals surface area contributed by atoms with Crippen molar-refractivity contribution in [2.24, 2.45) is 0 Å². The van der Waals surface area contributed by atoms with Crippen molar-refractivity contribution in [3.05, 3.63) is 30.0 Å². The molecule has 0 aliphatic heterocycles. The van der Waals surface area contributed by atoms with Crippen molar-refractivity contribution in [3.8, 4) is 11.5 Å². The van der Waals surface area contributed by atoms with E-state index in [9.17, 15) is 9.18 Å². The van der Waals surface area contributed by atoms with Crippen LogP contribution in [0.4, 0.5) is 4.39 Å². The molecular weight excluding hydrogens is 245 g/mol. The Hall–Kier alpha value is -2.35. The first-order valence-corrected chi connectivity index (χ1v) is 4.89. The number of carboxylic acid groups (broad SMARTS) is 1. The number of carboxylic acids is 1. The molecule has 8 heteroatoms. The zero-order valence-electron chi connectivity index (χ0n) is 9.04. The van der Waals surface area contributed by atoms with Crippen LogP contribution in [0.15, 0.2) is 22.9 Å². The number of pyridine rings is 1. The van der Waals surface area contributed by atoms with E-state index in [1.54, 1.807) is 0 Å². The zero-order chi connectivity index (χ0) is 13.0. The molecule has 0 aromatic carbocycles. The summed E-state index contributed by atoms with van der Waals surface area (Å²) in [7, 11) is 0. The third kappa shape index (κ3) is 3.08. The van der Waals surface area contributed by atoms with Crippen molar-refractivity contribution in [2.75, 3.05) is 6.61 Å². The molecule has 0 fully saturated rings. The van der Waals surface area contributed by atoms with Gasteiger partial charge in [0.05, 0.1) is 6.20 Å². The monoisotopic (exact) mass is 253 g/mol. The van der Waals surface area contributed by atoms with Gasteiger partial charge in [0.25, 0.3) is 5.89 Å². The van der Waals surface area contributed by atoms with Gasteiger partial charge in [0.15, 0.2) is 0 Å². The predicted molar refractivity (Wildman–Crippen MR) is 54.8 cm³/mol. The summed E-state index contributed by atoms with van der Waals surface area (Å²) in [6, 6.07) is 2.63. The molecule has 0 unspecified atom stereocenters. The lowest BCUT2D eigenvalue weighted by Gasteiger charge is -1.94. The van der Waals surface area contributed by atoms with Crippen LogP contribution < -0.4 is 0 Å². The summed E-state index contributed by atoms with van der Waals surface area (Å²) in [5.41, 5.74) is 0.352. The van der Waals surface area contributed by atoms with E-state index in [0.29, 0.717) is 5.69 Å². The predicted octanol–water partition coefficient (Wildman–Crippen LogP) is 0.872. The molecule has 0 saturated heterocycles. The highest BCUT2D eigenvalue weighted by Crippen LogP contribution is 2.13. The molecular formula is C10H8FN3O4. The maximum Gasteiger partial charge on any atom is 0.329 e. The summed E-state index contributed by atoms with van der Waals surface area (Å²) in [5, 5.41) is 12.0. The van der Waals surface area contributed by atoms with Crippen LogP contribution in [0.25, 0.3) is 11.5 Å². The largest absolute Gasteiger partial charge is 0.480 e. The highest BCUT2D eigenvalue weighted by Gasteiger charge is 2.10. The summed E-state index contributed by atoms with van der Waals surface area (Å²) in [4.78, 5) is 17.9. The lowest BCUT2D eigenvalue weighted by molar-refractivity contribution is -0.142. The zero-order valence-corrected chi connectivity index (χ0v) is 9.04. The van der Waals surface area contributed by atoms with Gasteiger partial charge in [-0.3, -0.25) is 0 Å². The average molecular weight is 253 g/mol. The second-order valence-corrected chi connectivity index (χ2v) is 3.26. The molecule has 0 bridgehead atoms. The minimum Gasteiger partial charge on any atom is -0.480 e. The number of ether oxygens (including phenoxy) is 1. The van der Waals surface area contributed by atoms with E-state index in [2.05, 4.69) is 15.1 Å². The second kappa shape index (κ2) is 5.32. The van der Waals surface area contributed by atoms with Gasteiger partial charge in [0.2, 0.25) is 5.82 Å². The molecule has 0 radical (unpaired) electrons. The SMILES string of the molecule is O=C(O)COCc1nc(-c2ccc(F)cn2)no1. The van der Waals surface area contributed by atoms with Crippen LogP contribution in [-0.4, -0.2) is 32.8 Å². The smallest absolute Gasteiger partial charge is 0.329 e. The molecule has 1 N–H and O–H groups in total. The summed E-state index contributed by atoms with van der Waals surface area (Å²) in [6.07, 6.45) is 1.03. The molecule has 0 atom stereocenters. The standard InChI is InChI=1S/C10H8FN3O4/c11-6-1-2-7(12-3-6)10-13-8(18-14-10)4-17-5-9(15)16/h1-3H,4-5H2,(H,15,16). The Labute approximate surface area is 100 Å². The van der Waals surface area contributed by atoms with Gasteiger partial charge < -0.3 is 14.4 Å². The first-order valence-electron chi connectivity index (χ1n) is 4.89. The van der Waals surface area contributed by atoms with Gasteiger partial charge in [0, 0.05) is 0 Å². The highest BCUT2D eigenvalue weighted by atomic mass is 19.1. The molecule has 7 nitrogen and oxygen atoms in total.